The van der Waals surface area contributed by atoms with Crippen LogP contribution in [0.3, 0.4) is 0 Å². The van der Waals surface area contributed by atoms with Crippen molar-refractivity contribution < 1.29 is 26.9 Å². The summed E-state index contributed by atoms with van der Waals surface area (Å²) in [7, 11) is -2.57. The van der Waals surface area contributed by atoms with E-state index in [0.29, 0.717) is 29.3 Å². The number of sulfonamides is 1. The lowest BCUT2D eigenvalue weighted by molar-refractivity contribution is -0.120. The smallest absolute Gasteiger partial charge is 0.248 e. The molecule has 1 aliphatic rings. The molecule has 0 saturated carbocycles. The van der Waals surface area contributed by atoms with Gasteiger partial charge in [-0.05, 0) is 56.2 Å². The largest absolute Gasteiger partial charge is 0.495 e. The Morgan fingerprint density at radius 2 is 2.06 bits per heavy atom. The van der Waals surface area contributed by atoms with Crippen LogP contribution >= 0.6 is 11.6 Å². The highest BCUT2D eigenvalue weighted by Crippen LogP contribution is 2.32. The maximum Gasteiger partial charge on any atom is 0.248 e. The number of aryl methyl sites for hydroxylation is 1. The lowest BCUT2D eigenvalue weighted by atomic mass is 9.98. The molecule has 1 aliphatic heterocycles. The number of anilines is 1. The lowest BCUT2D eigenvalue weighted by Crippen LogP contribution is -2.43. The number of nitrogens with one attached hydrogen (secondary N) is 1. The molecular weight excluding hydrogens is 509 g/mol. The Labute approximate surface area is 213 Å². The molecule has 1 fully saturated rings. The molecule has 2 aromatic carbocycles. The Bertz CT molecular complexity index is 1410. The first kappa shape index (κ1) is 25.9. The first-order chi connectivity index (χ1) is 17.2. The van der Waals surface area contributed by atoms with Crippen LogP contribution in [0.5, 0.6) is 5.75 Å². The Kier molecular flexibility index (Phi) is 7.77. The van der Waals surface area contributed by atoms with E-state index in [1.165, 1.54) is 36.6 Å². The van der Waals surface area contributed by atoms with Gasteiger partial charge in [0.2, 0.25) is 15.9 Å². The van der Waals surface area contributed by atoms with Crippen LogP contribution in [0.2, 0.25) is 5.02 Å². The van der Waals surface area contributed by atoms with E-state index in [0.717, 1.165) is 0 Å². The van der Waals surface area contributed by atoms with Gasteiger partial charge < -0.3 is 14.6 Å². The van der Waals surface area contributed by atoms with Gasteiger partial charge in [0.05, 0.1) is 18.7 Å². The lowest BCUT2D eigenvalue weighted by Gasteiger charge is -2.31. The Morgan fingerprint density at radius 3 is 2.81 bits per heavy atom. The average Bonchev–Trinajstić information content (AvgIpc) is 3.24. The highest BCUT2D eigenvalue weighted by molar-refractivity contribution is 7.89. The number of methoxy groups -OCH3 is 1. The number of piperidine rings is 1. The standard InChI is InChI=1S/C25H25ClFN3O5S/c1-16-24(23(35-29-16)11-9-17-6-3-4-8-20(17)27)36(32,33)30-13-5-7-18(15-30)25(31)28-21-14-19(26)10-12-22(21)34-2/h3-4,6,8-12,14,18H,5,7,13,15H2,1-2H3,(H,28,31)/b11-9+/t18-/m1/s1. The number of hydrogen-bond acceptors (Lipinski definition) is 6. The molecule has 0 bridgehead atoms. The molecule has 0 aliphatic carbocycles. The number of hydrogen-bond donors (Lipinski definition) is 1. The van der Waals surface area contributed by atoms with Crippen molar-refractivity contribution in [3.63, 3.8) is 0 Å². The van der Waals surface area contributed by atoms with Crippen LogP contribution < -0.4 is 10.1 Å². The summed E-state index contributed by atoms with van der Waals surface area (Å²) in [5.74, 6) is -0.937. The fraction of sp³-hybridized carbons (Fsp3) is 0.280. The monoisotopic (exact) mass is 533 g/mol. The van der Waals surface area contributed by atoms with Gasteiger partial charge in [0.15, 0.2) is 10.7 Å². The van der Waals surface area contributed by atoms with Crippen LogP contribution in [0.1, 0.15) is 29.9 Å². The van der Waals surface area contributed by atoms with Crippen LogP contribution in [0, 0.1) is 18.7 Å². The minimum Gasteiger partial charge on any atom is -0.495 e. The maximum atomic E-state index is 14.0. The molecule has 11 heteroatoms. The summed E-state index contributed by atoms with van der Waals surface area (Å²) in [6.07, 6.45) is 3.82. The summed E-state index contributed by atoms with van der Waals surface area (Å²) in [4.78, 5) is 12.9. The first-order valence-electron chi connectivity index (χ1n) is 11.2. The molecule has 0 spiro atoms. The van der Waals surface area contributed by atoms with Crippen LogP contribution in [0.15, 0.2) is 51.9 Å². The van der Waals surface area contributed by atoms with Crippen LogP contribution in [0.25, 0.3) is 12.2 Å². The molecule has 1 N–H and O–H groups in total. The van der Waals surface area contributed by atoms with Crippen LogP contribution in [-0.4, -0.2) is 44.0 Å². The summed E-state index contributed by atoms with van der Waals surface area (Å²) in [6, 6.07) is 11.0. The van der Waals surface area contributed by atoms with Gasteiger partial charge in [-0.1, -0.05) is 35.0 Å². The third kappa shape index (κ3) is 5.45. The second-order valence-electron chi connectivity index (χ2n) is 8.35. The van der Waals surface area contributed by atoms with E-state index in [1.807, 2.05) is 0 Å². The second-order valence-corrected chi connectivity index (χ2v) is 10.7. The first-order valence-corrected chi connectivity index (χ1v) is 13.1. The minimum atomic E-state index is -4.05. The fourth-order valence-corrected chi connectivity index (χ4v) is 6.04. The summed E-state index contributed by atoms with van der Waals surface area (Å²) in [6.45, 7) is 1.75. The number of nitrogens with zero attached hydrogens (tertiary/aromatic N) is 2. The number of ether oxygens (including phenoxy) is 1. The second kappa shape index (κ2) is 10.8. The molecule has 0 radical (unpaired) electrons. The number of rotatable bonds is 7. The zero-order valence-electron chi connectivity index (χ0n) is 19.7. The van der Waals surface area contributed by atoms with Gasteiger partial charge >= 0.3 is 0 Å². The molecule has 1 saturated heterocycles. The van der Waals surface area contributed by atoms with Crippen molar-refractivity contribution in [3.05, 3.63) is 70.3 Å². The molecule has 1 atom stereocenters. The summed E-state index contributed by atoms with van der Waals surface area (Å²) >= 11 is 6.05. The maximum absolute atomic E-state index is 14.0. The number of amides is 1. The van der Waals surface area contributed by atoms with E-state index in [9.17, 15) is 17.6 Å². The van der Waals surface area contributed by atoms with E-state index < -0.39 is 21.8 Å². The fourth-order valence-electron chi connectivity index (χ4n) is 4.09. The normalized spacial score (nSPS) is 16.8. The van der Waals surface area contributed by atoms with Gasteiger partial charge in [0.1, 0.15) is 17.3 Å². The molecular formula is C25H25ClFN3O5S. The van der Waals surface area contributed by atoms with Gasteiger partial charge in [0.25, 0.3) is 0 Å². The van der Waals surface area contributed by atoms with Gasteiger partial charge in [-0.3, -0.25) is 4.79 Å². The summed E-state index contributed by atoms with van der Waals surface area (Å²) in [5, 5.41) is 7.04. The third-order valence-electron chi connectivity index (χ3n) is 5.92. The van der Waals surface area contributed by atoms with Gasteiger partial charge in [-0.2, -0.15) is 4.31 Å². The van der Waals surface area contributed by atoms with Gasteiger partial charge in [0, 0.05) is 23.7 Å². The molecule has 1 amide bonds. The van der Waals surface area contributed by atoms with Crippen LogP contribution in [0.4, 0.5) is 10.1 Å². The van der Waals surface area contributed by atoms with Gasteiger partial charge in [-0.15, -0.1) is 0 Å². The number of carbonyl (C=O) groups is 1. The molecule has 3 aromatic rings. The van der Waals surface area contributed by atoms with Crippen molar-refractivity contribution in [2.24, 2.45) is 5.92 Å². The van der Waals surface area contributed by atoms with Crippen molar-refractivity contribution in [2.45, 2.75) is 24.7 Å². The summed E-state index contributed by atoms with van der Waals surface area (Å²) < 4.78 is 53.0. The molecule has 2 heterocycles. The Balaban J connectivity index is 1.55. The van der Waals surface area contributed by atoms with E-state index >= 15 is 0 Å². The predicted molar refractivity (Wildman–Crippen MR) is 135 cm³/mol. The van der Waals surface area contributed by atoms with E-state index in [1.54, 1.807) is 36.4 Å². The predicted octanol–water partition coefficient (Wildman–Crippen LogP) is 4.99. The highest BCUT2D eigenvalue weighted by Gasteiger charge is 2.37. The molecule has 190 valence electrons. The number of carbonyl (C=O) groups excluding carboxylic acids is 1. The topological polar surface area (TPSA) is 102 Å². The van der Waals surface area contributed by atoms with Crippen molar-refractivity contribution >= 4 is 45.4 Å². The Morgan fingerprint density at radius 1 is 1.28 bits per heavy atom. The van der Waals surface area contributed by atoms with E-state index in [2.05, 4.69) is 10.5 Å². The Hall–Kier alpha value is -3.21. The molecule has 4 rings (SSSR count). The number of halogens is 2. The molecule has 1 aromatic heterocycles. The quantitative estimate of drug-likeness (QED) is 0.459. The zero-order valence-corrected chi connectivity index (χ0v) is 21.3. The molecule has 0 unspecified atom stereocenters. The van der Waals surface area contributed by atoms with E-state index in [-0.39, 0.29) is 40.9 Å². The van der Waals surface area contributed by atoms with Crippen molar-refractivity contribution in [1.82, 2.24) is 9.46 Å². The molecule has 8 nitrogen and oxygen atoms in total. The highest BCUT2D eigenvalue weighted by atomic mass is 35.5. The third-order valence-corrected chi connectivity index (χ3v) is 8.18. The van der Waals surface area contributed by atoms with Crippen molar-refractivity contribution in [1.29, 1.82) is 0 Å². The van der Waals surface area contributed by atoms with E-state index in [4.69, 9.17) is 20.9 Å². The van der Waals surface area contributed by atoms with Crippen molar-refractivity contribution in [3.8, 4) is 5.75 Å². The van der Waals surface area contributed by atoms with Gasteiger partial charge in [-0.25, -0.2) is 12.8 Å². The average molecular weight is 534 g/mol. The SMILES string of the molecule is COc1ccc(Cl)cc1NC(=O)[C@@H]1CCCN(S(=O)(=O)c2c(C)noc2/C=C/c2ccccc2F)C1. The van der Waals surface area contributed by atoms with Crippen molar-refractivity contribution in [2.75, 3.05) is 25.5 Å². The summed E-state index contributed by atoms with van der Waals surface area (Å²) in [5.41, 5.74) is 0.866. The zero-order chi connectivity index (χ0) is 25.9. The number of benzene rings is 2. The van der Waals surface area contributed by atoms with Crippen LogP contribution in [-0.2, 0) is 14.8 Å². The number of aromatic nitrogens is 1. The molecule has 36 heavy (non-hydrogen) atoms. The minimum absolute atomic E-state index is 0.00834.